The van der Waals surface area contributed by atoms with Gasteiger partial charge >= 0.3 is 225 Å². The van der Waals surface area contributed by atoms with Crippen molar-refractivity contribution in [2.24, 2.45) is 5.92 Å². The Bertz CT molecular complexity index is 1210. The average molecular weight is 633 g/mol. The molecule has 0 heterocycles. The predicted octanol–water partition coefficient (Wildman–Crippen LogP) is 3.53. The molecule has 0 aliphatic heterocycles. The molecule has 2 aliphatic carbocycles. The van der Waals surface area contributed by atoms with E-state index in [-0.39, 0.29) is 35.6 Å². The first-order valence-corrected chi connectivity index (χ1v) is 20.8. The summed E-state index contributed by atoms with van der Waals surface area (Å²) in [7, 11) is -1.33. The summed E-state index contributed by atoms with van der Waals surface area (Å²) in [5.41, 5.74) is 9.46. The van der Waals surface area contributed by atoms with Gasteiger partial charge in [-0.3, -0.25) is 0 Å². The van der Waals surface area contributed by atoms with Crippen molar-refractivity contribution in [3.63, 3.8) is 0 Å². The molecule has 2 aromatic carbocycles. The van der Waals surface area contributed by atoms with Gasteiger partial charge in [-0.05, 0) is 0 Å². The molecule has 0 saturated carbocycles. The topological polar surface area (TPSA) is 0 Å². The van der Waals surface area contributed by atoms with E-state index in [9.17, 15) is 0 Å². The van der Waals surface area contributed by atoms with Gasteiger partial charge in [-0.1, -0.05) is 0 Å². The van der Waals surface area contributed by atoms with Crippen LogP contribution in [0.4, 0.5) is 0 Å². The van der Waals surface area contributed by atoms with Gasteiger partial charge in [-0.25, -0.2) is 0 Å². The van der Waals surface area contributed by atoms with E-state index >= 15 is 0 Å². The zero-order valence-electron chi connectivity index (χ0n) is 25.0. The fourth-order valence-electron chi connectivity index (χ4n) is 5.75. The molecule has 2 aromatic rings. The van der Waals surface area contributed by atoms with E-state index in [1.807, 2.05) is 3.28 Å². The summed E-state index contributed by atoms with van der Waals surface area (Å²) in [4.78, 5) is 0. The van der Waals surface area contributed by atoms with Gasteiger partial charge < -0.3 is 24.8 Å². The molecular formula is C33H46Cl2SiZr. The van der Waals surface area contributed by atoms with Gasteiger partial charge in [0.1, 0.15) is 0 Å². The third kappa shape index (κ3) is 6.29. The molecule has 0 fully saturated rings. The van der Waals surface area contributed by atoms with Crippen LogP contribution in [0.3, 0.4) is 0 Å². The van der Waals surface area contributed by atoms with Gasteiger partial charge in [0.2, 0.25) is 0 Å². The summed E-state index contributed by atoms with van der Waals surface area (Å²) in [5.74, 6) is 0.588. The standard InChI is InChI=1S/C21H25.C9H15Si.C3H6.2ClH.Zr/c1-20(2,3)16-7-9-18-14(12-16)11-15-13-17(21(4,5)6)8-10-19(15)18;1-8-5-6-9(7-8)10(2,3)4;1-3-2;;;/h7-13H,1-6H3;6-8H,1-4H3;1-2H3;2*1H;/q;;;;;+2/p-2. The molecule has 4 heteroatoms. The SMILES string of the molecule is C[C](C)=[Zr+2]([C]1=CC([Si](C)(C)C)=CC1C)[CH]1c2cc(C(C)(C)C)ccc2-c2ccc(C(C)(C)C)cc21.[Cl-].[Cl-]. The molecular weight excluding hydrogens is 587 g/mol. The van der Waals surface area contributed by atoms with Crippen LogP contribution in [0.2, 0.25) is 19.6 Å². The molecule has 1 unspecified atom stereocenters. The fourth-order valence-corrected chi connectivity index (χ4v) is 16.0. The number of hydrogen-bond acceptors (Lipinski definition) is 0. The van der Waals surface area contributed by atoms with E-state index in [0.29, 0.717) is 9.54 Å². The van der Waals surface area contributed by atoms with Crippen LogP contribution >= 0.6 is 0 Å². The van der Waals surface area contributed by atoms with E-state index in [1.54, 1.807) is 19.5 Å². The van der Waals surface area contributed by atoms with Crippen molar-refractivity contribution in [1.82, 2.24) is 0 Å². The maximum atomic E-state index is 2.69. The van der Waals surface area contributed by atoms with Crippen LogP contribution in [0, 0.1) is 5.92 Å². The van der Waals surface area contributed by atoms with Crippen LogP contribution in [-0.2, 0) is 32.1 Å². The Kier molecular flexibility index (Phi) is 9.85. The Labute approximate surface area is 248 Å². The van der Waals surface area contributed by atoms with Crippen molar-refractivity contribution in [2.75, 3.05) is 0 Å². The van der Waals surface area contributed by atoms with E-state index in [2.05, 4.69) is 131 Å². The molecule has 4 rings (SSSR count). The summed E-state index contributed by atoms with van der Waals surface area (Å²) in [6.07, 6.45) is 5.32. The molecule has 0 aromatic heterocycles. The molecule has 200 valence electrons. The van der Waals surface area contributed by atoms with E-state index < -0.39 is 29.3 Å². The summed E-state index contributed by atoms with van der Waals surface area (Å²) in [6, 6.07) is 14.8. The molecule has 0 N–H and O–H groups in total. The smallest absolute Gasteiger partial charge is 1.00 e. The van der Waals surface area contributed by atoms with Crippen LogP contribution in [0.15, 0.2) is 57.0 Å². The van der Waals surface area contributed by atoms with E-state index in [0.717, 1.165) is 0 Å². The van der Waals surface area contributed by atoms with Gasteiger partial charge in [-0.15, -0.1) is 0 Å². The summed E-state index contributed by atoms with van der Waals surface area (Å²) >= 11 is -2.23. The van der Waals surface area contributed by atoms with Crippen LogP contribution in [0.25, 0.3) is 11.1 Å². The fraction of sp³-hybridized carbons (Fsp3) is 0.485. The van der Waals surface area contributed by atoms with Gasteiger partial charge in [0.25, 0.3) is 0 Å². The third-order valence-electron chi connectivity index (χ3n) is 7.98. The molecule has 0 nitrogen and oxygen atoms in total. The molecule has 37 heavy (non-hydrogen) atoms. The molecule has 0 amide bonds. The Morgan fingerprint density at radius 1 is 0.757 bits per heavy atom. The first-order valence-electron chi connectivity index (χ1n) is 13.4. The molecule has 1 atom stereocenters. The van der Waals surface area contributed by atoms with Crippen LogP contribution < -0.4 is 24.8 Å². The predicted molar refractivity (Wildman–Crippen MR) is 156 cm³/mol. The first-order chi connectivity index (χ1) is 16.0. The van der Waals surface area contributed by atoms with Crippen molar-refractivity contribution in [1.29, 1.82) is 0 Å². The minimum atomic E-state index is -2.23. The minimum absolute atomic E-state index is 0. The molecule has 0 bridgehead atoms. The average Bonchev–Trinajstić information content (AvgIpc) is 3.25. The summed E-state index contributed by atoms with van der Waals surface area (Å²) in [6.45, 7) is 29.0. The molecule has 2 aliphatic rings. The number of benzene rings is 2. The first kappa shape index (κ1) is 32.7. The van der Waals surface area contributed by atoms with Crippen molar-refractivity contribution in [2.45, 2.75) is 96.4 Å². The monoisotopic (exact) mass is 630 g/mol. The van der Waals surface area contributed by atoms with Gasteiger partial charge in [-0.2, -0.15) is 0 Å². The molecule has 0 saturated heterocycles. The van der Waals surface area contributed by atoms with Crippen LogP contribution in [-0.4, -0.2) is 11.3 Å². The Balaban J connectivity index is 0.00000241. The van der Waals surface area contributed by atoms with Crippen molar-refractivity contribution in [3.8, 4) is 11.1 Å². The van der Waals surface area contributed by atoms with Gasteiger partial charge in [0, 0.05) is 0 Å². The largest absolute Gasteiger partial charge is 1.00 e. The number of halogens is 2. The molecule has 0 radical (unpaired) electrons. The van der Waals surface area contributed by atoms with Gasteiger partial charge in [0.05, 0.1) is 0 Å². The number of hydrogen-bond donors (Lipinski definition) is 0. The summed E-state index contributed by atoms with van der Waals surface area (Å²) < 4.78 is 4.11. The molecule has 0 spiro atoms. The normalized spacial score (nSPS) is 17.0. The Morgan fingerprint density at radius 2 is 1.19 bits per heavy atom. The number of rotatable bonds is 3. The second-order valence-electron chi connectivity index (χ2n) is 14.2. The second kappa shape index (κ2) is 11.2. The van der Waals surface area contributed by atoms with Crippen molar-refractivity contribution < 1.29 is 46.1 Å². The quantitative estimate of drug-likeness (QED) is 0.455. The van der Waals surface area contributed by atoms with Crippen LogP contribution in [0.1, 0.15) is 88.2 Å². The number of allylic oxidation sites excluding steroid dienone is 4. The van der Waals surface area contributed by atoms with E-state index in [1.165, 1.54) is 22.3 Å². The van der Waals surface area contributed by atoms with Crippen molar-refractivity contribution >= 4 is 11.3 Å². The summed E-state index contributed by atoms with van der Waals surface area (Å²) in [5, 5.41) is 1.67. The van der Waals surface area contributed by atoms with Crippen molar-refractivity contribution in [3.05, 3.63) is 79.3 Å². The third-order valence-corrected chi connectivity index (χ3v) is 18.6. The maximum Gasteiger partial charge on any atom is -1.00 e. The minimum Gasteiger partial charge on any atom is -1.00 e. The van der Waals surface area contributed by atoms with Gasteiger partial charge in [0.15, 0.2) is 0 Å². The zero-order chi connectivity index (χ0) is 26.1. The number of fused-ring (bicyclic) bond motifs is 3. The Morgan fingerprint density at radius 3 is 1.51 bits per heavy atom. The maximum absolute atomic E-state index is 2.69. The zero-order valence-corrected chi connectivity index (χ0v) is 30.0. The van der Waals surface area contributed by atoms with Crippen LogP contribution in [0.5, 0.6) is 0 Å². The second-order valence-corrected chi connectivity index (χ2v) is 26.6. The van der Waals surface area contributed by atoms with E-state index in [4.69, 9.17) is 0 Å². The Hall–Kier alpha value is -0.530.